The first-order chi connectivity index (χ1) is 7.97. The van der Waals surface area contributed by atoms with Gasteiger partial charge in [-0.2, -0.15) is 0 Å². The van der Waals surface area contributed by atoms with Gasteiger partial charge in [0.15, 0.2) is 0 Å². The highest BCUT2D eigenvalue weighted by Crippen LogP contribution is 2.48. The van der Waals surface area contributed by atoms with Crippen LogP contribution in [-0.4, -0.2) is 41.9 Å². The third-order valence-corrected chi connectivity index (χ3v) is 5.15. The van der Waals surface area contributed by atoms with Crippen molar-refractivity contribution in [1.29, 1.82) is 0 Å². The molecule has 0 radical (unpaired) electrons. The molecule has 0 rings (SSSR count). The SMILES string of the molecule is CCOP(OCC)OCC.CC[P+](O)(O)CC. The Labute approximate surface area is 107 Å². The van der Waals surface area contributed by atoms with Gasteiger partial charge in [0.25, 0.3) is 7.72 Å². The molecule has 17 heavy (non-hydrogen) atoms. The Bertz CT molecular complexity index is 137. The van der Waals surface area contributed by atoms with Crippen molar-refractivity contribution in [2.45, 2.75) is 34.6 Å². The molecule has 7 heteroatoms. The van der Waals surface area contributed by atoms with E-state index in [1.54, 1.807) is 13.8 Å². The van der Waals surface area contributed by atoms with Gasteiger partial charge in [0.05, 0.1) is 19.8 Å². The first-order valence-electron chi connectivity index (χ1n) is 5.98. The minimum absolute atomic E-state index is 0.517. The van der Waals surface area contributed by atoms with Crippen molar-refractivity contribution in [3.8, 4) is 0 Å². The molecule has 0 saturated heterocycles. The van der Waals surface area contributed by atoms with E-state index in [1.165, 1.54) is 0 Å². The first-order valence-corrected chi connectivity index (χ1v) is 9.14. The summed E-state index contributed by atoms with van der Waals surface area (Å²) in [5.74, 6) is 0. The molecule has 106 valence electrons. The molecule has 0 aliphatic heterocycles. The maximum absolute atomic E-state index is 8.80. The van der Waals surface area contributed by atoms with E-state index in [9.17, 15) is 0 Å². The molecular weight excluding hydrogens is 262 g/mol. The Morgan fingerprint density at radius 2 is 1.06 bits per heavy atom. The van der Waals surface area contributed by atoms with E-state index in [0.29, 0.717) is 32.1 Å². The predicted octanol–water partition coefficient (Wildman–Crippen LogP) is 3.18. The maximum atomic E-state index is 8.80. The zero-order chi connectivity index (χ0) is 13.7. The first kappa shape index (κ1) is 20.0. The second-order valence-corrected chi connectivity index (χ2v) is 7.23. The van der Waals surface area contributed by atoms with Gasteiger partial charge in [-0.3, -0.25) is 0 Å². The van der Waals surface area contributed by atoms with Crippen LogP contribution in [0.25, 0.3) is 0 Å². The van der Waals surface area contributed by atoms with Crippen LogP contribution in [0, 0.1) is 0 Å². The molecule has 0 aromatic heterocycles. The Balaban J connectivity index is 0. The third-order valence-electron chi connectivity index (χ3n) is 1.72. The highest BCUT2D eigenvalue weighted by molar-refractivity contribution is 7.64. The molecular formula is C10H27O5P2+. The van der Waals surface area contributed by atoms with Gasteiger partial charge in [0, 0.05) is 0 Å². The van der Waals surface area contributed by atoms with E-state index in [2.05, 4.69) is 0 Å². The van der Waals surface area contributed by atoms with Crippen molar-refractivity contribution in [1.82, 2.24) is 0 Å². The van der Waals surface area contributed by atoms with Crippen molar-refractivity contribution in [3.05, 3.63) is 0 Å². The van der Waals surface area contributed by atoms with Crippen LogP contribution in [0.2, 0.25) is 0 Å². The Kier molecular flexibility index (Phi) is 15.4. The normalized spacial score (nSPS) is 11.3. The van der Waals surface area contributed by atoms with Crippen LogP contribution < -0.4 is 0 Å². The third kappa shape index (κ3) is 14.6. The molecule has 0 saturated carbocycles. The quantitative estimate of drug-likeness (QED) is 0.672. The summed E-state index contributed by atoms with van der Waals surface area (Å²) >= 11 is 0. The molecule has 0 aromatic rings. The fourth-order valence-electron chi connectivity index (χ4n) is 0.652. The zero-order valence-corrected chi connectivity index (χ0v) is 13.3. The van der Waals surface area contributed by atoms with Gasteiger partial charge in [-0.1, -0.05) is 0 Å². The van der Waals surface area contributed by atoms with Gasteiger partial charge in [-0.05, 0) is 34.6 Å². The van der Waals surface area contributed by atoms with Gasteiger partial charge in [-0.25, -0.2) is 9.79 Å². The molecule has 0 bridgehead atoms. The summed E-state index contributed by atoms with van der Waals surface area (Å²) in [5.41, 5.74) is 0. The molecule has 0 fully saturated rings. The van der Waals surface area contributed by atoms with Crippen LogP contribution in [0.4, 0.5) is 0 Å². The van der Waals surface area contributed by atoms with E-state index < -0.39 is 16.3 Å². The molecule has 0 aromatic carbocycles. The summed E-state index contributed by atoms with van der Waals surface area (Å²) in [4.78, 5) is 17.6. The molecule has 0 spiro atoms. The predicted molar refractivity (Wildman–Crippen MR) is 74.2 cm³/mol. The topological polar surface area (TPSA) is 68.2 Å². The Morgan fingerprint density at radius 3 is 1.18 bits per heavy atom. The van der Waals surface area contributed by atoms with Crippen LogP contribution in [0.5, 0.6) is 0 Å². The summed E-state index contributed by atoms with van der Waals surface area (Å²) in [6, 6.07) is 0. The van der Waals surface area contributed by atoms with Gasteiger partial charge >= 0.3 is 8.60 Å². The van der Waals surface area contributed by atoms with Crippen LogP contribution in [0.15, 0.2) is 0 Å². The zero-order valence-electron chi connectivity index (χ0n) is 11.5. The average molecular weight is 289 g/mol. The second-order valence-electron chi connectivity index (χ2n) is 2.99. The fourth-order valence-corrected chi connectivity index (χ4v) is 1.95. The highest BCUT2D eigenvalue weighted by Gasteiger charge is 2.25. The summed E-state index contributed by atoms with van der Waals surface area (Å²) < 4.78 is 15.4. The largest absolute Gasteiger partial charge is 0.332 e. The molecule has 0 aliphatic carbocycles. The Morgan fingerprint density at radius 1 is 0.765 bits per heavy atom. The van der Waals surface area contributed by atoms with E-state index in [0.717, 1.165) is 0 Å². The summed E-state index contributed by atoms with van der Waals surface area (Å²) in [6.45, 7) is 11.3. The smallest absolute Gasteiger partial charge is 0.313 e. The minimum atomic E-state index is -2.40. The van der Waals surface area contributed by atoms with Gasteiger partial charge < -0.3 is 13.6 Å². The minimum Gasteiger partial charge on any atom is -0.313 e. The van der Waals surface area contributed by atoms with Crippen LogP contribution in [0.3, 0.4) is 0 Å². The second kappa shape index (κ2) is 13.1. The lowest BCUT2D eigenvalue weighted by Gasteiger charge is -2.12. The highest BCUT2D eigenvalue weighted by atomic mass is 31.2. The lowest BCUT2D eigenvalue weighted by molar-refractivity contribution is 0.176. The van der Waals surface area contributed by atoms with E-state index in [4.69, 9.17) is 23.4 Å². The summed E-state index contributed by atoms with van der Waals surface area (Å²) in [5, 5.41) is 0. The van der Waals surface area contributed by atoms with Crippen molar-refractivity contribution in [3.63, 3.8) is 0 Å². The van der Waals surface area contributed by atoms with Crippen molar-refractivity contribution in [2.75, 3.05) is 32.1 Å². The molecule has 0 aliphatic rings. The van der Waals surface area contributed by atoms with Crippen LogP contribution >= 0.6 is 16.3 Å². The summed E-state index contributed by atoms with van der Waals surface area (Å²) in [6.07, 6.45) is 1.03. The van der Waals surface area contributed by atoms with E-state index >= 15 is 0 Å². The number of hydrogen-bond acceptors (Lipinski definition) is 5. The fraction of sp³-hybridized carbons (Fsp3) is 1.00. The molecule has 0 unspecified atom stereocenters. The van der Waals surface area contributed by atoms with Gasteiger partial charge in [0.2, 0.25) is 0 Å². The lowest BCUT2D eigenvalue weighted by Crippen LogP contribution is -1.94. The number of hydrogen-bond donors (Lipinski definition) is 2. The average Bonchev–Trinajstić information content (AvgIpc) is 2.31. The molecule has 0 atom stereocenters. The van der Waals surface area contributed by atoms with Gasteiger partial charge in [0.1, 0.15) is 12.3 Å². The molecule has 2 N–H and O–H groups in total. The molecule has 5 nitrogen and oxygen atoms in total. The Hall–Kier alpha value is 0.660. The van der Waals surface area contributed by atoms with Crippen molar-refractivity contribution in [2.24, 2.45) is 0 Å². The van der Waals surface area contributed by atoms with Crippen molar-refractivity contribution < 1.29 is 23.4 Å². The van der Waals surface area contributed by atoms with Crippen LogP contribution in [-0.2, 0) is 13.6 Å². The number of rotatable bonds is 8. The lowest BCUT2D eigenvalue weighted by atomic mass is 10.9. The van der Waals surface area contributed by atoms with E-state index in [1.807, 2.05) is 20.8 Å². The van der Waals surface area contributed by atoms with E-state index in [-0.39, 0.29) is 0 Å². The van der Waals surface area contributed by atoms with Gasteiger partial charge in [-0.15, -0.1) is 0 Å². The molecule has 0 amide bonds. The molecule has 0 heterocycles. The maximum Gasteiger partial charge on any atom is 0.332 e. The van der Waals surface area contributed by atoms with Crippen molar-refractivity contribution >= 4 is 16.3 Å². The summed E-state index contributed by atoms with van der Waals surface area (Å²) in [7, 11) is -3.47. The van der Waals surface area contributed by atoms with Crippen LogP contribution in [0.1, 0.15) is 34.6 Å². The monoisotopic (exact) mass is 289 g/mol. The standard InChI is InChI=1S/C6H15O3P.C4H12O2P/c1-4-7-10(8-5-2)9-6-3;1-3-7(5,6)4-2/h4-6H2,1-3H3;5-6H,3-4H2,1-2H3/q;+1.